The maximum absolute atomic E-state index is 6.19. The Labute approximate surface area is 107 Å². The summed E-state index contributed by atoms with van der Waals surface area (Å²) in [6.07, 6.45) is 7.33. The molecule has 0 aromatic rings. The Morgan fingerprint density at radius 1 is 1.47 bits per heavy atom. The van der Waals surface area contributed by atoms with Crippen molar-refractivity contribution >= 4 is 22.6 Å². The molecule has 2 atom stereocenters. The van der Waals surface area contributed by atoms with E-state index >= 15 is 0 Å². The Bertz CT molecular complexity index is 280. The predicted molar refractivity (Wildman–Crippen MR) is 72.2 cm³/mol. The molecule has 0 spiro atoms. The zero-order valence-corrected chi connectivity index (χ0v) is 12.1. The van der Waals surface area contributed by atoms with Crippen LogP contribution in [0.3, 0.4) is 0 Å². The summed E-state index contributed by atoms with van der Waals surface area (Å²) in [5.74, 6) is 0.639. The van der Waals surface area contributed by atoms with Crippen LogP contribution in [0.15, 0.2) is 9.66 Å². The Balaban J connectivity index is 2.36. The van der Waals surface area contributed by atoms with Gasteiger partial charge in [-0.3, -0.25) is 0 Å². The van der Waals surface area contributed by atoms with Crippen LogP contribution in [0.5, 0.6) is 0 Å². The normalized spacial score (nSPS) is 38.7. The van der Waals surface area contributed by atoms with Crippen LogP contribution in [0.2, 0.25) is 0 Å². The molecule has 0 N–H and O–H groups in total. The lowest BCUT2D eigenvalue weighted by molar-refractivity contribution is -0.0182. The van der Waals surface area contributed by atoms with Crippen LogP contribution in [-0.2, 0) is 4.74 Å². The highest BCUT2D eigenvalue weighted by molar-refractivity contribution is 14.1. The van der Waals surface area contributed by atoms with E-state index in [2.05, 4.69) is 49.4 Å². The van der Waals surface area contributed by atoms with E-state index in [9.17, 15) is 0 Å². The molecule has 1 aliphatic heterocycles. The van der Waals surface area contributed by atoms with Crippen molar-refractivity contribution in [3.05, 3.63) is 9.66 Å². The molecule has 2 unspecified atom stereocenters. The molecule has 1 heterocycles. The van der Waals surface area contributed by atoms with E-state index in [1.54, 1.807) is 0 Å². The largest absolute Gasteiger partial charge is 0.374 e. The number of hydrogen-bond acceptors (Lipinski definition) is 1. The second-order valence-corrected chi connectivity index (χ2v) is 6.69. The van der Waals surface area contributed by atoms with Gasteiger partial charge in [-0.15, -0.1) is 0 Å². The van der Waals surface area contributed by atoms with E-state index < -0.39 is 0 Å². The van der Waals surface area contributed by atoms with Gasteiger partial charge >= 0.3 is 0 Å². The summed E-state index contributed by atoms with van der Waals surface area (Å²) in [6, 6.07) is 0. The molecule has 0 saturated carbocycles. The molecule has 1 aliphatic carbocycles. The first-order valence-corrected chi connectivity index (χ1v) is 7.14. The van der Waals surface area contributed by atoms with Crippen molar-refractivity contribution in [1.82, 2.24) is 0 Å². The molecule has 0 aromatic carbocycles. The van der Waals surface area contributed by atoms with Crippen molar-refractivity contribution in [3.63, 3.8) is 0 Å². The third kappa shape index (κ3) is 1.78. The SMILES string of the molecule is CCC1(CC)OCC2(C)CCC(I)=CC21. The number of halogens is 1. The van der Waals surface area contributed by atoms with Gasteiger partial charge in [0, 0.05) is 11.3 Å². The summed E-state index contributed by atoms with van der Waals surface area (Å²) in [5.41, 5.74) is 0.534. The summed E-state index contributed by atoms with van der Waals surface area (Å²) < 4.78 is 7.72. The molecule has 2 rings (SSSR count). The average molecular weight is 320 g/mol. The van der Waals surface area contributed by atoms with Gasteiger partial charge in [-0.05, 0) is 51.9 Å². The van der Waals surface area contributed by atoms with Crippen LogP contribution < -0.4 is 0 Å². The summed E-state index contributed by atoms with van der Waals surface area (Å²) in [4.78, 5) is 0. The van der Waals surface area contributed by atoms with Crippen LogP contribution in [0, 0.1) is 11.3 Å². The summed E-state index contributed by atoms with van der Waals surface area (Å²) in [6.45, 7) is 7.90. The zero-order valence-electron chi connectivity index (χ0n) is 9.98. The quantitative estimate of drug-likeness (QED) is 0.689. The second kappa shape index (κ2) is 4.02. The summed E-state index contributed by atoms with van der Waals surface area (Å²) in [7, 11) is 0. The molecule has 1 nitrogen and oxygen atoms in total. The monoisotopic (exact) mass is 320 g/mol. The van der Waals surface area contributed by atoms with Crippen molar-refractivity contribution in [1.29, 1.82) is 0 Å². The van der Waals surface area contributed by atoms with Crippen LogP contribution in [0.25, 0.3) is 0 Å². The van der Waals surface area contributed by atoms with Crippen LogP contribution >= 0.6 is 22.6 Å². The van der Waals surface area contributed by atoms with Gasteiger partial charge < -0.3 is 4.74 Å². The highest BCUT2D eigenvalue weighted by atomic mass is 127. The van der Waals surface area contributed by atoms with E-state index in [0.717, 1.165) is 19.4 Å². The van der Waals surface area contributed by atoms with Crippen molar-refractivity contribution in [3.8, 4) is 0 Å². The molecule has 0 aromatic heterocycles. The van der Waals surface area contributed by atoms with Crippen molar-refractivity contribution in [2.24, 2.45) is 11.3 Å². The smallest absolute Gasteiger partial charge is 0.0746 e. The fraction of sp³-hybridized carbons (Fsp3) is 0.846. The first-order chi connectivity index (χ1) is 7.06. The zero-order chi connectivity index (χ0) is 11.1. The van der Waals surface area contributed by atoms with Gasteiger partial charge in [0.2, 0.25) is 0 Å². The predicted octanol–water partition coefficient (Wildman–Crippen LogP) is 4.31. The lowest BCUT2D eigenvalue weighted by Gasteiger charge is -2.39. The Morgan fingerprint density at radius 2 is 2.13 bits per heavy atom. The molecule has 0 amide bonds. The van der Waals surface area contributed by atoms with E-state index in [1.807, 2.05) is 0 Å². The molecule has 15 heavy (non-hydrogen) atoms. The minimum absolute atomic E-state index is 0.131. The van der Waals surface area contributed by atoms with Gasteiger partial charge in [0.15, 0.2) is 0 Å². The van der Waals surface area contributed by atoms with E-state index in [-0.39, 0.29) is 5.60 Å². The summed E-state index contributed by atoms with van der Waals surface area (Å²) >= 11 is 2.49. The molecule has 0 radical (unpaired) electrons. The first-order valence-electron chi connectivity index (χ1n) is 6.06. The molecule has 1 saturated heterocycles. The number of ether oxygens (including phenoxy) is 1. The van der Waals surface area contributed by atoms with Crippen molar-refractivity contribution in [2.45, 2.75) is 52.1 Å². The number of hydrogen-bond donors (Lipinski definition) is 0. The van der Waals surface area contributed by atoms with Gasteiger partial charge in [0.1, 0.15) is 0 Å². The van der Waals surface area contributed by atoms with Gasteiger partial charge in [-0.1, -0.05) is 26.8 Å². The molecular weight excluding hydrogens is 299 g/mol. The number of allylic oxidation sites excluding steroid dienone is 1. The summed E-state index contributed by atoms with van der Waals surface area (Å²) in [5, 5.41) is 0. The highest BCUT2D eigenvalue weighted by Gasteiger charge is 2.53. The Morgan fingerprint density at radius 3 is 2.73 bits per heavy atom. The van der Waals surface area contributed by atoms with Crippen LogP contribution in [0.4, 0.5) is 0 Å². The molecule has 2 aliphatic rings. The molecule has 0 bridgehead atoms. The van der Waals surface area contributed by atoms with E-state index in [4.69, 9.17) is 4.74 Å². The average Bonchev–Trinajstić information content (AvgIpc) is 2.53. The van der Waals surface area contributed by atoms with E-state index in [1.165, 1.54) is 16.4 Å². The van der Waals surface area contributed by atoms with Crippen molar-refractivity contribution < 1.29 is 4.74 Å². The van der Waals surface area contributed by atoms with Gasteiger partial charge in [-0.25, -0.2) is 0 Å². The van der Waals surface area contributed by atoms with Gasteiger partial charge in [0.25, 0.3) is 0 Å². The molecule has 2 heteroatoms. The number of rotatable bonds is 2. The molecule has 1 fully saturated rings. The fourth-order valence-electron chi connectivity index (χ4n) is 3.27. The second-order valence-electron chi connectivity index (χ2n) is 5.31. The Kier molecular flexibility index (Phi) is 3.19. The van der Waals surface area contributed by atoms with Gasteiger partial charge in [0.05, 0.1) is 12.2 Å². The maximum atomic E-state index is 6.19. The van der Waals surface area contributed by atoms with Crippen molar-refractivity contribution in [2.75, 3.05) is 6.61 Å². The lowest BCUT2D eigenvalue weighted by atomic mass is 9.65. The fourth-order valence-corrected chi connectivity index (χ4v) is 3.90. The molecular formula is C13H21IO. The third-order valence-corrected chi connectivity index (χ3v) is 5.39. The van der Waals surface area contributed by atoms with Crippen LogP contribution in [-0.4, -0.2) is 12.2 Å². The Hall–Kier alpha value is 0.430. The highest BCUT2D eigenvalue weighted by Crippen LogP contribution is 2.55. The third-order valence-electron chi connectivity index (χ3n) is 4.49. The minimum atomic E-state index is 0.131. The minimum Gasteiger partial charge on any atom is -0.374 e. The topological polar surface area (TPSA) is 9.23 Å². The van der Waals surface area contributed by atoms with Gasteiger partial charge in [-0.2, -0.15) is 0 Å². The van der Waals surface area contributed by atoms with E-state index in [0.29, 0.717) is 11.3 Å². The van der Waals surface area contributed by atoms with Crippen LogP contribution in [0.1, 0.15) is 46.5 Å². The number of fused-ring (bicyclic) bond motifs is 1. The lowest BCUT2D eigenvalue weighted by Crippen LogP contribution is -2.39. The first kappa shape index (κ1) is 11.9. The standard InChI is InChI=1S/C13H21IO/c1-4-13(5-2)11-8-10(14)6-7-12(11,3)9-15-13/h8,11H,4-7,9H2,1-3H3. The maximum Gasteiger partial charge on any atom is 0.0746 e. The molecule has 86 valence electrons.